The van der Waals surface area contributed by atoms with Gasteiger partial charge in [0.25, 0.3) is 0 Å². The summed E-state index contributed by atoms with van der Waals surface area (Å²) in [6, 6.07) is 3.14. The second-order valence-electron chi connectivity index (χ2n) is 4.38. The number of ether oxygens (including phenoxy) is 1. The van der Waals surface area contributed by atoms with E-state index in [1.165, 1.54) is 0 Å². The van der Waals surface area contributed by atoms with Crippen LogP contribution in [0.1, 0.15) is 22.7 Å². The van der Waals surface area contributed by atoms with Crippen LogP contribution in [0.4, 0.5) is 0 Å². The van der Waals surface area contributed by atoms with Gasteiger partial charge in [-0.3, -0.25) is 9.69 Å². The Morgan fingerprint density at radius 1 is 1.29 bits per heavy atom. The second-order valence-corrected chi connectivity index (χ2v) is 4.38. The van der Waals surface area contributed by atoms with Crippen LogP contribution in [0.15, 0.2) is 12.1 Å². The van der Waals surface area contributed by atoms with Gasteiger partial charge in [0.2, 0.25) is 0 Å². The molecule has 0 aliphatic heterocycles. The molecule has 94 valence electrons. The maximum Gasteiger partial charge on any atom is 0.325 e. The van der Waals surface area contributed by atoms with E-state index in [1.807, 2.05) is 26.0 Å². The summed E-state index contributed by atoms with van der Waals surface area (Å²) in [6.07, 6.45) is 0. The minimum Gasteiger partial charge on any atom is -0.496 e. The number of carbonyl (C=O) groups is 1. The predicted molar refractivity (Wildman–Crippen MR) is 66.5 cm³/mol. The number of methoxy groups -OCH3 is 1. The van der Waals surface area contributed by atoms with Gasteiger partial charge in [-0.05, 0) is 56.8 Å². The van der Waals surface area contributed by atoms with Gasteiger partial charge in [-0.1, -0.05) is 0 Å². The molecule has 4 heteroatoms. The highest BCUT2D eigenvalue weighted by Crippen LogP contribution is 2.28. The average molecular weight is 237 g/mol. The Bertz CT molecular complexity index is 427. The van der Waals surface area contributed by atoms with Crippen molar-refractivity contribution in [2.24, 2.45) is 0 Å². The Kier molecular flexibility index (Phi) is 4.12. The van der Waals surface area contributed by atoms with Crippen LogP contribution < -0.4 is 4.74 Å². The van der Waals surface area contributed by atoms with Gasteiger partial charge in [0, 0.05) is 0 Å². The maximum atomic E-state index is 11.3. The van der Waals surface area contributed by atoms with E-state index in [9.17, 15) is 9.90 Å². The average Bonchev–Trinajstić information content (AvgIpc) is 2.21. The molecule has 1 rings (SSSR count). The molecule has 1 aromatic rings. The van der Waals surface area contributed by atoms with Crippen LogP contribution >= 0.6 is 0 Å². The Balaban J connectivity index is 3.30. The highest BCUT2D eigenvalue weighted by atomic mass is 16.5. The summed E-state index contributed by atoms with van der Waals surface area (Å²) < 4.78 is 5.22. The van der Waals surface area contributed by atoms with E-state index < -0.39 is 12.0 Å². The lowest BCUT2D eigenvalue weighted by Gasteiger charge is -2.23. The zero-order chi connectivity index (χ0) is 13.2. The summed E-state index contributed by atoms with van der Waals surface area (Å²) in [6.45, 7) is 3.81. The maximum absolute atomic E-state index is 11.3. The van der Waals surface area contributed by atoms with Crippen molar-refractivity contribution in [3.8, 4) is 5.75 Å². The van der Waals surface area contributed by atoms with E-state index in [-0.39, 0.29) is 0 Å². The Hall–Kier alpha value is -1.55. The lowest BCUT2D eigenvalue weighted by atomic mass is 9.97. The molecular formula is C13H19NO3. The fourth-order valence-corrected chi connectivity index (χ4v) is 1.96. The molecule has 1 atom stereocenters. The zero-order valence-corrected chi connectivity index (χ0v) is 10.9. The van der Waals surface area contributed by atoms with Gasteiger partial charge < -0.3 is 9.84 Å². The summed E-state index contributed by atoms with van der Waals surface area (Å²) in [5, 5.41) is 9.27. The number of carboxylic acid groups (broad SMARTS) is 1. The minimum atomic E-state index is -0.845. The molecule has 1 aromatic carbocycles. The molecule has 0 bridgehead atoms. The first kappa shape index (κ1) is 13.5. The highest BCUT2D eigenvalue weighted by Gasteiger charge is 2.24. The third-order valence-corrected chi connectivity index (χ3v) is 2.83. The van der Waals surface area contributed by atoms with Gasteiger partial charge in [0.05, 0.1) is 7.11 Å². The molecule has 0 aliphatic carbocycles. The van der Waals surface area contributed by atoms with E-state index in [4.69, 9.17) is 4.74 Å². The number of likely N-dealkylation sites (N-methyl/N-ethyl adjacent to an activating group) is 1. The molecule has 17 heavy (non-hydrogen) atoms. The minimum absolute atomic E-state index is 0.625. The third-order valence-electron chi connectivity index (χ3n) is 2.83. The molecule has 0 saturated carbocycles. The molecule has 1 unspecified atom stereocenters. The predicted octanol–water partition coefficient (Wildman–Crippen LogP) is 2.00. The molecular weight excluding hydrogens is 218 g/mol. The van der Waals surface area contributed by atoms with Gasteiger partial charge in [-0.25, -0.2) is 0 Å². The number of benzene rings is 1. The fourth-order valence-electron chi connectivity index (χ4n) is 1.96. The van der Waals surface area contributed by atoms with E-state index in [0.717, 1.165) is 22.4 Å². The van der Waals surface area contributed by atoms with Crippen LogP contribution in [-0.4, -0.2) is 37.2 Å². The topological polar surface area (TPSA) is 49.8 Å². The van der Waals surface area contributed by atoms with Crippen LogP contribution in [0.3, 0.4) is 0 Å². The van der Waals surface area contributed by atoms with Crippen molar-refractivity contribution in [1.29, 1.82) is 0 Å². The lowest BCUT2D eigenvalue weighted by molar-refractivity contribution is -0.142. The van der Waals surface area contributed by atoms with Gasteiger partial charge in [-0.15, -0.1) is 0 Å². The van der Waals surface area contributed by atoms with E-state index in [2.05, 4.69) is 0 Å². The Morgan fingerprint density at radius 3 is 2.29 bits per heavy atom. The van der Waals surface area contributed by atoms with Crippen molar-refractivity contribution in [3.63, 3.8) is 0 Å². The van der Waals surface area contributed by atoms with Crippen LogP contribution in [0.2, 0.25) is 0 Å². The highest BCUT2D eigenvalue weighted by molar-refractivity contribution is 5.76. The molecule has 0 spiro atoms. The van der Waals surface area contributed by atoms with Gasteiger partial charge in [0.15, 0.2) is 0 Å². The standard InChI is InChI=1S/C13H19NO3/c1-8-7-11(17-5)9(2)6-10(8)12(13(15)16)14(3)4/h6-7,12H,1-5H3,(H,15,16). The van der Waals surface area contributed by atoms with Crippen LogP contribution in [0.25, 0.3) is 0 Å². The van der Waals surface area contributed by atoms with Crippen LogP contribution in [-0.2, 0) is 4.79 Å². The fraction of sp³-hybridized carbons (Fsp3) is 0.462. The largest absolute Gasteiger partial charge is 0.496 e. The van der Waals surface area contributed by atoms with Crippen molar-refractivity contribution < 1.29 is 14.6 Å². The zero-order valence-electron chi connectivity index (χ0n) is 10.9. The SMILES string of the molecule is COc1cc(C)c(C(C(=O)O)N(C)C)cc1C. The molecule has 0 aromatic heterocycles. The second kappa shape index (κ2) is 5.19. The monoisotopic (exact) mass is 237 g/mol. The van der Waals surface area contributed by atoms with Gasteiger partial charge in [-0.2, -0.15) is 0 Å². The Morgan fingerprint density at radius 2 is 1.88 bits per heavy atom. The quantitative estimate of drug-likeness (QED) is 0.870. The summed E-state index contributed by atoms with van der Waals surface area (Å²) in [5.41, 5.74) is 2.68. The number of aryl methyl sites for hydroxylation is 2. The molecule has 1 N–H and O–H groups in total. The first-order valence-corrected chi connectivity index (χ1v) is 5.42. The van der Waals surface area contributed by atoms with E-state index >= 15 is 0 Å². The molecule has 0 fully saturated rings. The van der Waals surface area contributed by atoms with E-state index in [1.54, 1.807) is 26.1 Å². The van der Waals surface area contributed by atoms with Gasteiger partial charge >= 0.3 is 5.97 Å². The number of carboxylic acids is 1. The smallest absolute Gasteiger partial charge is 0.325 e. The van der Waals surface area contributed by atoms with Crippen molar-refractivity contribution >= 4 is 5.97 Å². The molecule has 0 amide bonds. The Labute approximate surface area is 102 Å². The third kappa shape index (κ3) is 2.77. The van der Waals surface area contributed by atoms with E-state index in [0.29, 0.717) is 0 Å². The summed E-state index contributed by atoms with van der Waals surface area (Å²) in [4.78, 5) is 13.0. The first-order chi connectivity index (χ1) is 7.88. The first-order valence-electron chi connectivity index (χ1n) is 5.42. The van der Waals surface area contributed by atoms with Crippen molar-refractivity contribution in [2.45, 2.75) is 19.9 Å². The summed E-state index contributed by atoms with van der Waals surface area (Å²) >= 11 is 0. The number of aliphatic carboxylic acids is 1. The molecule has 0 saturated heterocycles. The van der Waals surface area contributed by atoms with Crippen LogP contribution in [0, 0.1) is 13.8 Å². The number of hydrogen-bond acceptors (Lipinski definition) is 3. The van der Waals surface area contributed by atoms with Crippen LogP contribution in [0.5, 0.6) is 5.75 Å². The molecule has 0 heterocycles. The summed E-state index contributed by atoms with van der Waals surface area (Å²) in [7, 11) is 5.14. The van der Waals surface area contributed by atoms with Crippen molar-refractivity contribution in [3.05, 3.63) is 28.8 Å². The normalized spacial score (nSPS) is 12.6. The number of nitrogens with zero attached hydrogens (tertiary/aromatic N) is 1. The van der Waals surface area contributed by atoms with Crippen molar-refractivity contribution in [2.75, 3.05) is 21.2 Å². The van der Waals surface area contributed by atoms with Gasteiger partial charge in [0.1, 0.15) is 11.8 Å². The molecule has 0 aliphatic rings. The van der Waals surface area contributed by atoms with Crippen molar-refractivity contribution in [1.82, 2.24) is 4.90 Å². The lowest BCUT2D eigenvalue weighted by Crippen LogP contribution is -2.28. The molecule has 0 radical (unpaired) electrons. The number of hydrogen-bond donors (Lipinski definition) is 1. The summed E-state index contributed by atoms with van der Waals surface area (Å²) in [5.74, 6) is -0.0585. The molecule has 4 nitrogen and oxygen atoms in total. The number of rotatable bonds is 4.